The Morgan fingerprint density at radius 1 is 1.28 bits per heavy atom. The Morgan fingerprint density at radius 3 is 3.00 bits per heavy atom. The van der Waals surface area contributed by atoms with Crippen LogP contribution in [-0.4, -0.2) is 37.1 Å². The third-order valence-electron chi connectivity index (χ3n) is 4.16. The molecule has 1 aromatic carbocycles. The number of halogens is 2. The molecule has 0 radical (unpaired) electrons. The van der Waals surface area contributed by atoms with Gasteiger partial charge >= 0.3 is 0 Å². The number of alkyl halides is 1. The monoisotopic (exact) mass is 268 g/mol. The zero-order valence-corrected chi connectivity index (χ0v) is 11.2. The molecule has 0 aromatic heterocycles. The average molecular weight is 269 g/mol. The summed E-state index contributed by atoms with van der Waals surface area (Å²) in [7, 11) is 0. The van der Waals surface area contributed by atoms with Gasteiger partial charge in [0.05, 0.1) is 5.88 Å². The van der Waals surface area contributed by atoms with E-state index in [1.807, 2.05) is 6.07 Å². The maximum atomic E-state index is 13.8. The van der Waals surface area contributed by atoms with E-state index in [4.69, 9.17) is 11.6 Å². The molecule has 2 nitrogen and oxygen atoms in total. The molecule has 0 aliphatic carbocycles. The first-order valence-electron chi connectivity index (χ1n) is 6.62. The minimum absolute atomic E-state index is 0.184. The zero-order valence-electron chi connectivity index (χ0n) is 10.4. The number of piperazine rings is 1. The summed E-state index contributed by atoms with van der Waals surface area (Å²) in [6.45, 7) is 4.30. The molecule has 0 spiro atoms. The van der Waals surface area contributed by atoms with Crippen LogP contribution < -0.4 is 4.90 Å². The minimum atomic E-state index is -0.184. The summed E-state index contributed by atoms with van der Waals surface area (Å²) in [5.41, 5.74) is 1.63. The summed E-state index contributed by atoms with van der Waals surface area (Å²) < 4.78 is 13.8. The number of hydrogen-bond donors (Lipinski definition) is 0. The van der Waals surface area contributed by atoms with Crippen molar-refractivity contribution in [1.29, 1.82) is 0 Å². The van der Waals surface area contributed by atoms with Crippen molar-refractivity contribution in [1.82, 2.24) is 4.90 Å². The zero-order chi connectivity index (χ0) is 12.5. The van der Waals surface area contributed by atoms with Crippen LogP contribution in [0.25, 0.3) is 0 Å². The van der Waals surface area contributed by atoms with Gasteiger partial charge < -0.3 is 4.90 Å². The summed E-state index contributed by atoms with van der Waals surface area (Å²) in [5.74, 6) is 0.0590. The van der Waals surface area contributed by atoms with E-state index in [0.717, 1.165) is 25.3 Å². The van der Waals surface area contributed by atoms with Gasteiger partial charge in [-0.05, 0) is 31.5 Å². The molecule has 18 heavy (non-hydrogen) atoms. The number of rotatable bonds is 2. The second-order valence-corrected chi connectivity index (χ2v) is 5.42. The molecule has 1 unspecified atom stereocenters. The van der Waals surface area contributed by atoms with Gasteiger partial charge in [-0.15, -0.1) is 11.6 Å². The van der Waals surface area contributed by atoms with Gasteiger partial charge in [-0.1, -0.05) is 6.07 Å². The van der Waals surface area contributed by atoms with E-state index < -0.39 is 0 Å². The summed E-state index contributed by atoms with van der Waals surface area (Å²) in [6, 6.07) is 5.91. The highest BCUT2D eigenvalue weighted by molar-refractivity contribution is 6.17. The first-order valence-corrected chi connectivity index (χ1v) is 7.15. The third-order valence-corrected chi connectivity index (χ3v) is 4.42. The van der Waals surface area contributed by atoms with E-state index in [1.165, 1.54) is 25.5 Å². The maximum Gasteiger partial charge on any atom is 0.129 e. The van der Waals surface area contributed by atoms with Gasteiger partial charge in [-0.25, -0.2) is 4.39 Å². The highest BCUT2D eigenvalue weighted by atomic mass is 35.5. The van der Waals surface area contributed by atoms with E-state index in [0.29, 0.717) is 11.6 Å². The molecule has 0 saturated carbocycles. The SMILES string of the molecule is Fc1cccc(N2CCN3CCCC3C2)c1CCl. The molecular weight excluding hydrogens is 251 g/mol. The Hall–Kier alpha value is -0.800. The Balaban J connectivity index is 1.84. The number of hydrogen-bond acceptors (Lipinski definition) is 2. The fourth-order valence-corrected chi connectivity index (χ4v) is 3.45. The van der Waals surface area contributed by atoms with Crippen LogP contribution in [0.3, 0.4) is 0 Å². The molecule has 2 aliphatic heterocycles. The van der Waals surface area contributed by atoms with Gasteiger partial charge in [0.2, 0.25) is 0 Å². The molecular formula is C14H18ClFN2. The summed E-state index contributed by atoms with van der Waals surface area (Å²) in [4.78, 5) is 4.85. The van der Waals surface area contributed by atoms with Crippen LogP contribution in [-0.2, 0) is 5.88 Å². The molecule has 3 rings (SSSR count). The highest BCUT2D eigenvalue weighted by Crippen LogP contribution is 2.29. The lowest BCUT2D eigenvalue weighted by Crippen LogP contribution is -2.50. The van der Waals surface area contributed by atoms with E-state index in [1.54, 1.807) is 6.07 Å². The molecule has 2 fully saturated rings. The molecule has 98 valence electrons. The second-order valence-electron chi connectivity index (χ2n) is 5.15. The molecule has 1 aromatic rings. The lowest BCUT2D eigenvalue weighted by Gasteiger charge is -2.39. The van der Waals surface area contributed by atoms with Gasteiger partial charge in [0.1, 0.15) is 5.82 Å². The van der Waals surface area contributed by atoms with Crippen molar-refractivity contribution in [2.45, 2.75) is 24.8 Å². The van der Waals surface area contributed by atoms with Crippen molar-refractivity contribution in [3.8, 4) is 0 Å². The van der Waals surface area contributed by atoms with Crippen LogP contribution in [0.2, 0.25) is 0 Å². The van der Waals surface area contributed by atoms with E-state index in [2.05, 4.69) is 9.80 Å². The Bertz CT molecular complexity index is 438. The Labute approximate surface area is 112 Å². The predicted octanol–water partition coefficient (Wildman–Crippen LogP) is 2.85. The molecule has 0 amide bonds. The largest absolute Gasteiger partial charge is 0.368 e. The Morgan fingerprint density at radius 2 is 2.17 bits per heavy atom. The van der Waals surface area contributed by atoms with Gasteiger partial charge in [-0.3, -0.25) is 4.90 Å². The van der Waals surface area contributed by atoms with Gasteiger partial charge in [0, 0.05) is 36.9 Å². The molecule has 4 heteroatoms. The highest BCUT2D eigenvalue weighted by Gasteiger charge is 2.31. The maximum absolute atomic E-state index is 13.8. The molecule has 1 atom stereocenters. The number of benzene rings is 1. The first kappa shape index (κ1) is 12.2. The third kappa shape index (κ3) is 2.10. The van der Waals surface area contributed by atoms with Crippen molar-refractivity contribution in [3.63, 3.8) is 0 Å². The first-order chi connectivity index (χ1) is 8.79. The summed E-state index contributed by atoms with van der Waals surface area (Å²) in [6.07, 6.45) is 2.56. The van der Waals surface area contributed by atoms with Gasteiger partial charge in [0.25, 0.3) is 0 Å². The van der Waals surface area contributed by atoms with Crippen LogP contribution in [0, 0.1) is 5.82 Å². The molecule has 2 heterocycles. The van der Waals surface area contributed by atoms with Crippen LogP contribution in [0.15, 0.2) is 18.2 Å². The smallest absolute Gasteiger partial charge is 0.129 e. The molecule has 0 bridgehead atoms. The average Bonchev–Trinajstić information content (AvgIpc) is 2.85. The van der Waals surface area contributed by atoms with Crippen LogP contribution in [0.5, 0.6) is 0 Å². The minimum Gasteiger partial charge on any atom is -0.368 e. The quantitative estimate of drug-likeness (QED) is 0.761. The van der Waals surface area contributed by atoms with Gasteiger partial charge in [-0.2, -0.15) is 0 Å². The van der Waals surface area contributed by atoms with Crippen LogP contribution in [0.4, 0.5) is 10.1 Å². The van der Waals surface area contributed by atoms with Crippen molar-refractivity contribution < 1.29 is 4.39 Å². The van der Waals surface area contributed by atoms with E-state index >= 15 is 0 Å². The van der Waals surface area contributed by atoms with Crippen molar-refractivity contribution >= 4 is 17.3 Å². The fourth-order valence-electron chi connectivity index (χ4n) is 3.19. The standard InChI is InChI=1S/C14H18ClFN2/c15-9-12-13(16)4-1-5-14(12)18-8-7-17-6-2-3-11(17)10-18/h1,4-5,11H,2-3,6-10H2. The summed E-state index contributed by atoms with van der Waals surface area (Å²) in [5, 5.41) is 0. The van der Waals surface area contributed by atoms with Crippen molar-refractivity contribution in [2.24, 2.45) is 0 Å². The molecule has 2 aliphatic rings. The number of anilines is 1. The normalized spacial score (nSPS) is 24.3. The summed E-state index contributed by atoms with van der Waals surface area (Å²) >= 11 is 5.89. The molecule has 0 N–H and O–H groups in total. The lowest BCUT2D eigenvalue weighted by atomic mass is 10.1. The van der Waals surface area contributed by atoms with E-state index in [-0.39, 0.29) is 11.7 Å². The topological polar surface area (TPSA) is 6.48 Å². The van der Waals surface area contributed by atoms with Crippen LogP contribution >= 0.6 is 11.6 Å². The van der Waals surface area contributed by atoms with Crippen LogP contribution in [0.1, 0.15) is 18.4 Å². The van der Waals surface area contributed by atoms with Crippen molar-refractivity contribution in [3.05, 3.63) is 29.6 Å². The predicted molar refractivity (Wildman–Crippen MR) is 72.8 cm³/mol. The Kier molecular flexibility index (Phi) is 3.44. The van der Waals surface area contributed by atoms with Gasteiger partial charge in [0.15, 0.2) is 0 Å². The fraction of sp³-hybridized carbons (Fsp3) is 0.571. The van der Waals surface area contributed by atoms with Crippen molar-refractivity contribution in [2.75, 3.05) is 31.1 Å². The van der Waals surface area contributed by atoms with E-state index in [9.17, 15) is 4.39 Å². The molecule has 2 saturated heterocycles. The number of nitrogens with zero attached hydrogens (tertiary/aromatic N) is 2. The second kappa shape index (κ2) is 5.06. The lowest BCUT2D eigenvalue weighted by molar-refractivity contribution is 0.231. The number of fused-ring (bicyclic) bond motifs is 1.